The van der Waals surface area contributed by atoms with E-state index in [1.807, 2.05) is 31.2 Å². The van der Waals surface area contributed by atoms with E-state index in [1.165, 1.54) is 6.07 Å². The lowest BCUT2D eigenvalue weighted by molar-refractivity contribution is -0.121. The normalized spacial score (nSPS) is 13.5. The Labute approximate surface area is 124 Å². The summed E-state index contributed by atoms with van der Waals surface area (Å²) in [4.78, 5) is 11.9. The van der Waals surface area contributed by atoms with Crippen LogP contribution in [-0.4, -0.2) is 11.4 Å². The van der Waals surface area contributed by atoms with Crippen LogP contribution in [-0.2, 0) is 11.2 Å². The second kappa shape index (κ2) is 5.95. The van der Waals surface area contributed by atoms with Gasteiger partial charge in [0, 0.05) is 12.1 Å². The zero-order valence-electron chi connectivity index (χ0n) is 12.2. The van der Waals surface area contributed by atoms with Crippen molar-refractivity contribution in [2.45, 2.75) is 25.8 Å². The maximum atomic E-state index is 13.8. The largest absolute Gasteiger partial charge is 0.371 e. The van der Waals surface area contributed by atoms with E-state index < -0.39 is 11.4 Å². The van der Waals surface area contributed by atoms with Crippen molar-refractivity contribution in [2.24, 2.45) is 5.73 Å². The van der Waals surface area contributed by atoms with Gasteiger partial charge >= 0.3 is 0 Å². The maximum Gasteiger partial charge on any atom is 0.243 e. The predicted octanol–water partition coefficient (Wildman–Crippen LogP) is 3.03. The van der Waals surface area contributed by atoms with Gasteiger partial charge in [-0.1, -0.05) is 36.4 Å². The molecule has 1 atom stereocenters. The Morgan fingerprint density at radius 2 is 1.81 bits per heavy atom. The van der Waals surface area contributed by atoms with Gasteiger partial charge in [0.15, 0.2) is 0 Å². The molecule has 4 heteroatoms. The summed E-state index contributed by atoms with van der Waals surface area (Å²) in [5, 5.41) is 3.16. The Morgan fingerprint density at radius 3 is 2.43 bits per heavy atom. The topological polar surface area (TPSA) is 55.1 Å². The molecule has 0 aromatic heterocycles. The number of benzene rings is 2. The molecule has 3 N–H and O–H groups in total. The highest BCUT2D eigenvalue weighted by molar-refractivity contribution is 5.88. The minimum absolute atomic E-state index is 0.184. The number of anilines is 1. The summed E-state index contributed by atoms with van der Waals surface area (Å²) in [5.74, 6) is -0.856. The summed E-state index contributed by atoms with van der Waals surface area (Å²) in [6.07, 6.45) is 0.184. The summed E-state index contributed by atoms with van der Waals surface area (Å²) in [6.45, 7) is 3.63. The molecule has 2 aromatic carbocycles. The number of halogens is 1. The molecule has 110 valence electrons. The Hall–Kier alpha value is -2.36. The number of amides is 1. The first-order chi connectivity index (χ1) is 9.92. The average Bonchev–Trinajstić information content (AvgIpc) is 2.44. The van der Waals surface area contributed by atoms with E-state index in [1.54, 1.807) is 25.1 Å². The number of hydrogen-bond acceptors (Lipinski definition) is 2. The minimum Gasteiger partial charge on any atom is -0.371 e. The predicted molar refractivity (Wildman–Crippen MR) is 82.5 cm³/mol. The second-order valence-electron chi connectivity index (χ2n) is 5.40. The Balaban J connectivity index is 2.31. The van der Waals surface area contributed by atoms with Gasteiger partial charge in [-0.2, -0.15) is 0 Å². The maximum absolute atomic E-state index is 13.8. The molecule has 2 rings (SSSR count). The van der Waals surface area contributed by atoms with Gasteiger partial charge in [-0.3, -0.25) is 4.79 Å². The Kier molecular flexibility index (Phi) is 4.26. The number of aryl methyl sites for hydroxylation is 1. The molecule has 0 saturated heterocycles. The molecule has 0 aliphatic heterocycles. The molecule has 1 unspecified atom stereocenters. The van der Waals surface area contributed by atoms with Crippen molar-refractivity contribution in [1.82, 2.24) is 0 Å². The van der Waals surface area contributed by atoms with E-state index in [-0.39, 0.29) is 12.2 Å². The van der Waals surface area contributed by atoms with Crippen molar-refractivity contribution in [2.75, 3.05) is 5.32 Å². The van der Waals surface area contributed by atoms with Crippen LogP contribution in [0.4, 0.5) is 10.1 Å². The molecule has 0 heterocycles. The molecule has 0 spiro atoms. The molecular weight excluding hydrogens is 267 g/mol. The van der Waals surface area contributed by atoms with Crippen molar-refractivity contribution < 1.29 is 9.18 Å². The molecule has 0 aliphatic rings. The fourth-order valence-corrected chi connectivity index (χ4v) is 2.23. The minimum atomic E-state index is -1.06. The summed E-state index contributed by atoms with van der Waals surface area (Å²) in [6, 6.07) is 14.0. The first-order valence-corrected chi connectivity index (χ1v) is 6.79. The van der Waals surface area contributed by atoms with Gasteiger partial charge in [-0.05, 0) is 37.1 Å². The zero-order valence-corrected chi connectivity index (χ0v) is 12.2. The lowest BCUT2D eigenvalue weighted by Crippen LogP contribution is -2.50. The lowest BCUT2D eigenvalue weighted by atomic mass is 9.91. The van der Waals surface area contributed by atoms with Crippen LogP contribution < -0.4 is 11.1 Å². The Bertz CT molecular complexity index is 607. The fraction of sp³-hybridized carbons (Fsp3) is 0.235. The van der Waals surface area contributed by atoms with Crippen LogP contribution in [0, 0.1) is 12.7 Å². The second-order valence-corrected chi connectivity index (χ2v) is 5.40. The standard InChI is InChI=1S/C17H19FN2O/c1-12-7-3-6-10-15(12)20-17(2,16(19)21)11-13-8-4-5-9-14(13)18/h3-10,20H,11H2,1-2H3,(H2,19,21). The van der Waals surface area contributed by atoms with Crippen LogP contribution in [0.15, 0.2) is 48.5 Å². The van der Waals surface area contributed by atoms with Crippen molar-refractivity contribution >= 4 is 11.6 Å². The fourth-order valence-electron chi connectivity index (χ4n) is 2.23. The first-order valence-electron chi connectivity index (χ1n) is 6.79. The van der Waals surface area contributed by atoms with E-state index in [2.05, 4.69) is 5.32 Å². The van der Waals surface area contributed by atoms with E-state index in [0.717, 1.165) is 11.3 Å². The molecule has 0 radical (unpaired) electrons. The summed E-state index contributed by atoms with van der Waals surface area (Å²) in [7, 11) is 0. The molecule has 2 aromatic rings. The third kappa shape index (κ3) is 3.40. The summed E-state index contributed by atoms with van der Waals surface area (Å²) >= 11 is 0. The molecule has 0 saturated carbocycles. The smallest absolute Gasteiger partial charge is 0.243 e. The van der Waals surface area contributed by atoms with E-state index in [9.17, 15) is 9.18 Å². The summed E-state index contributed by atoms with van der Waals surface area (Å²) in [5.41, 5.74) is 6.75. The quantitative estimate of drug-likeness (QED) is 0.887. The van der Waals surface area contributed by atoms with Crippen LogP contribution in [0.1, 0.15) is 18.1 Å². The number of carbonyl (C=O) groups is 1. The number of carbonyl (C=O) groups excluding carboxylic acids is 1. The first kappa shape index (κ1) is 15.0. The van der Waals surface area contributed by atoms with Crippen molar-refractivity contribution in [3.05, 3.63) is 65.5 Å². The van der Waals surface area contributed by atoms with Crippen molar-refractivity contribution in [1.29, 1.82) is 0 Å². The number of nitrogens with two attached hydrogens (primary N) is 1. The van der Waals surface area contributed by atoms with Crippen LogP contribution in [0.5, 0.6) is 0 Å². The molecule has 3 nitrogen and oxygen atoms in total. The van der Waals surface area contributed by atoms with Crippen LogP contribution in [0.2, 0.25) is 0 Å². The number of rotatable bonds is 5. The molecule has 0 fully saturated rings. The molecule has 21 heavy (non-hydrogen) atoms. The molecular formula is C17H19FN2O. The SMILES string of the molecule is Cc1ccccc1NC(C)(Cc1ccccc1F)C(N)=O. The lowest BCUT2D eigenvalue weighted by Gasteiger charge is -2.29. The summed E-state index contributed by atoms with van der Waals surface area (Å²) < 4.78 is 13.8. The number of nitrogens with one attached hydrogen (secondary N) is 1. The molecule has 1 amide bonds. The van der Waals surface area contributed by atoms with Gasteiger partial charge in [0.1, 0.15) is 11.4 Å². The molecule has 0 bridgehead atoms. The van der Waals surface area contributed by atoms with Crippen molar-refractivity contribution in [3.63, 3.8) is 0 Å². The van der Waals surface area contributed by atoms with Crippen LogP contribution in [0.3, 0.4) is 0 Å². The van der Waals surface area contributed by atoms with Crippen LogP contribution >= 0.6 is 0 Å². The number of hydrogen-bond donors (Lipinski definition) is 2. The number of para-hydroxylation sites is 1. The van der Waals surface area contributed by atoms with Gasteiger partial charge in [0.2, 0.25) is 5.91 Å². The highest BCUT2D eigenvalue weighted by Crippen LogP contribution is 2.23. The number of primary amides is 1. The zero-order chi connectivity index (χ0) is 15.5. The van der Waals surface area contributed by atoms with Gasteiger partial charge in [0.25, 0.3) is 0 Å². The highest BCUT2D eigenvalue weighted by atomic mass is 19.1. The average molecular weight is 286 g/mol. The Morgan fingerprint density at radius 1 is 1.19 bits per heavy atom. The van der Waals surface area contributed by atoms with Crippen molar-refractivity contribution in [3.8, 4) is 0 Å². The molecule has 0 aliphatic carbocycles. The van der Waals surface area contributed by atoms with Gasteiger partial charge in [-0.15, -0.1) is 0 Å². The van der Waals surface area contributed by atoms with Gasteiger partial charge in [0.05, 0.1) is 0 Å². The highest BCUT2D eigenvalue weighted by Gasteiger charge is 2.32. The third-order valence-corrected chi connectivity index (χ3v) is 3.60. The van der Waals surface area contributed by atoms with E-state index >= 15 is 0 Å². The van der Waals surface area contributed by atoms with Crippen LogP contribution in [0.25, 0.3) is 0 Å². The van der Waals surface area contributed by atoms with Gasteiger partial charge < -0.3 is 11.1 Å². The monoisotopic (exact) mass is 286 g/mol. The van der Waals surface area contributed by atoms with Gasteiger partial charge in [-0.25, -0.2) is 4.39 Å². The van der Waals surface area contributed by atoms with E-state index in [0.29, 0.717) is 5.56 Å². The third-order valence-electron chi connectivity index (χ3n) is 3.60. The van der Waals surface area contributed by atoms with E-state index in [4.69, 9.17) is 5.73 Å².